The van der Waals surface area contributed by atoms with Crippen LogP contribution in [0.15, 0.2) is 18.2 Å². The molecule has 0 aliphatic carbocycles. The molecular formula is C18H23Cl2N3O. The number of amides is 1. The van der Waals surface area contributed by atoms with E-state index in [0.717, 1.165) is 22.5 Å². The fraction of sp³-hybridized carbons (Fsp3) is 0.444. The molecule has 1 amide bonds. The molecule has 4 nitrogen and oxygen atoms in total. The van der Waals surface area contributed by atoms with Gasteiger partial charge in [0.1, 0.15) is 0 Å². The van der Waals surface area contributed by atoms with Gasteiger partial charge in [-0.2, -0.15) is 5.10 Å². The van der Waals surface area contributed by atoms with Crippen LogP contribution in [0.5, 0.6) is 0 Å². The Bertz CT molecular complexity index is 753. The zero-order valence-corrected chi connectivity index (χ0v) is 16.2. The van der Waals surface area contributed by atoms with Crippen LogP contribution < -0.4 is 0 Å². The minimum Gasteiger partial charge on any atom is -0.336 e. The number of aryl methyl sites for hydroxylation is 2. The van der Waals surface area contributed by atoms with Gasteiger partial charge in [0.25, 0.3) is 0 Å². The van der Waals surface area contributed by atoms with Crippen molar-refractivity contribution in [1.29, 1.82) is 0 Å². The van der Waals surface area contributed by atoms with Gasteiger partial charge >= 0.3 is 0 Å². The molecule has 0 radical (unpaired) electrons. The molecule has 24 heavy (non-hydrogen) atoms. The third kappa shape index (κ3) is 4.11. The molecule has 130 valence electrons. The van der Waals surface area contributed by atoms with Crippen molar-refractivity contribution >= 4 is 29.1 Å². The van der Waals surface area contributed by atoms with E-state index in [9.17, 15) is 4.79 Å². The van der Waals surface area contributed by atoms with E-state index in [1.165, 1.54) is 0 Å². The van der Waals surface area contributed by atoms with Gasteiger partial charge in [-0.1, -0.05) is 29.3 Å². The molecule has 0 N–H and O–H groups in total. The second-order valence-electron chi connectivity index (χ2n) is 6.31. The van der Waals surface area contributed by atoms with Gasteiger partial charge in [0.2, 0.25) is 5.91 Å². The summed E-state index contributed by atoms with van der Waals surface area (Å²) >= 11 is 12.0. The third-order valence-electron chi connectivity index (χ3n) is 4.27. The van der Waals surface area contributed by atoms with Gasteiger partial charge in [0.05, 0.1) is 22.2 Å². The third-order valence-corrected chi connectivity index (χ3v) is 5.01. The predicted octanol–water partition coefficient (Wildman–Crippen LogP) is 4.32. The lowest BCUT2D eigenvalue weighted by Gasteiger charge is -2.27. The van der Waals surface area contributed by atoms with Crippen LogP contribution >= 0.6 is 23.2 Å². The van der Waals surface area contributed by atoms with Crippen LogP contribution in [0, 0.1) is 13.8 Å². The summed E-state index contributed by atoms with van der Waals surface area (Å²) in [6.45, 7) is 8.46. The number of aromatic nitrogens is 2. The number of halogens is 2. The Hall–Kier alpha value is -1.52. The zero-order chi connectivity index (χ0) is 18.0. The smallest absolute Gasteiger partial charge is 0.227 e. The highest BCUT2D eigenvalue weighted by Crippen LogP contribution is 2.24. The number of carbonyl (C=O) groups is 1. The monoisotopic (exact) mass is 367 g/mol. The van der Waals surface area contributed by atoms with Gasteiger partial charge in [0.15, 0.2) is 0 Å². The second kappa shape index (κ2) is 7.58. The Morgan fingerprint density at radius 2 is 1.92 bits per heavy atom. The summed E-state index contributed by atoms with van der Waals surface area (Å²) in [4.78, 5) is 14.7. The van der Waals surface area contributed by atoms with Crippen molar-refractivity contribution in [3.8, 4) is 0 Å². The van der Waals surface area contributed by atoms with Gasteiger partial charge in [-0.05, 0) is 45.4 Å². The van der Waals surface area contributed by atoms with Crippen LogP contribution in [-0.4, -0.2) is 26.6 Å². The fourth-order valence-corrected chi connectivity index (χ4v) is 3.04. The van der Waals surface area contributed by atoms with Crippen LogP contribution in [0.2, 0.25) is 10.0 Å². The van der Waals surface area contributed by atoms with Gasteiger partial charge < -0.3 is 4.90 Å². The molecule has 1 aromatic heterocycles. The summed E-state index contributed by atoms with van der Waals surface area (Å²) in [5.74, 6) is 0.0790. The Morgan fingerprint density at radius 3 is 2.42 bits per heavy atom. The summed E-state index contributed by atoms with van der Waals surface area (Å²) in [5.41, 5.74) is 3.90. The van der Waals surface area contributed by atoms with Crippen molar-refractivity contribution in [2.24, 2.45) is 7.05 Å². The quantitative estimate of drug-likeness (QED) is 0.788. The largest absolute Gasteiger partial charge is 0.336 e. The first-order valence-electron chi connectivity index (χ1n) is 7.93. The standard InChI is InChI=1S/C18H23Cl2N3O/c1-11(2)23(10-14-6-7-16(19)17(20)8-14)18(24)9-15-12(3)21-22(5)13(15)4/h6-8,11H,9-10H2,1-5H3. The highest BCUT2D eigenvalue weighted by atomic mass is 35.5. The van der Waals surface area contributed by atoms with Crippen LogP contribution in [0.3, 0.4) is 0 Å². The minimum absolute atomic E-state index is 0.0790. The zero-order valence-electron chi connectivity index (χ0n) is 14.7. The summed E-state index contributed by atoms with van der Waals surface area (Å²) in [6, 6.07) is 5.56. The molecule has 0 fully saturated rings. The van der Waals surface area contributed by atoms with Gasteiger partial charge in [-0.3, -0.25) is 9.48 Å². The molecule has 0 unspecified atom stereocenters. The first-order valence-corrected chi connectivity index (χ1v) is 8.68. The molecule has 0 bridgehead atoms. The summed E-state index contributed by atoms with van der Waals surface area (Å²) in [7, 11) is 1.90. The molecule has 1 aromatic carbocycles. The minimum atomic E-state index is 0.0790. The topological polar surface area (TPSA) is 38.1 Å². The summed E-state index contributed by atoms with van der Waals surface area (Å²) < 4.78 is 1.82. The van der Waals surface area contributed by atoms with Crippen molar-refractivity contribution in [2.45, 2.75) is 46.7 Å². The van der Waals surface area contributed by atoms with E-state index in [0.29, 0.717) is 23.0 Å². The molecule has 0 saturated carbocycles. The summed E-state index contributed by atoms with van der Waals surface area (Å²) in [6.07, 6.45) is 0.352. The number of nitrogens with zero attached hydrogens (tertiary/aromatic N) is 3. The SMILES string of the molecule is Cc1nn(C)c(C)c1CC(=O)N(Cc1ccc(Cl)c(Cl)c1)C(C)C. The lowest BCUT2D eigenvalue weighted by molar-refractivity contribution is -0.132. The summed E-state index contributed by atoms with van der Waals surface area (Å²) in [5, 5.41) is 5.41. The molecular weight excluding hydrogens is 345 g/mol. The Morgan fingerprint density at radius 1 is 1.25 bits per heavy atom. The number of hydrogen-bond acceptors (Lipinski definition) is 2. The average Bonchev–Trinajstić information content (AvgIpc) is 2.74. The maximum Gasteiger partial charge on any atom is 0.227 e. The number of hydrogen-bond donors (Lipinski definition) is 0. The Balaban J connectivity index is 2.20. The van der Waals surface area contributed by atoms with Gasteiger partial charge in [0, 0.05) is 30.9 Å². The van der Waals surface area contributed by atoms with Crippen LogP contribution in [0.4, 0.5) is 0 Å². The molecule has 2 rings (SSSR count). The molecule has 0 saturated heterocycles. The van der Waals surface area contributed by atoms with E-state index < -0.39 is 0 Å². The fourth-order valence-electron chi connectivity index (χ4n) is 2.72. The van der Waals surface area contributed by atoms with Crippen molar-refractivity contribution in [2.75, 3.05) is 0 Å². The first-order chi connectivity index (χ1) is 11.2. The lowest BCUT2D eigenvalue weighted by atomic mass is 10.1. The molecule has 0 atom stereocenters. The van der Waals surface area contributed by atoms with E-state index in [-0.39, 0.29) is 11.9 Å². The molecule has 0 spiro atoms. The van der Waals surface area contributed by atoms with Crippen molar-refractivity contribution in [1.82, 2.24) is 14.7 Å². The lowest BCUT2D eigenvalue weighted by Crippen LogP contribution is -2.37. The van der Waals surface area contributed by atoms with E-state index in [4.69, 9.17) is 23.2 Å². The van der Waals surface area contributed by atoms with Crippen LogP contribution in [0.25, 0.3) is 0 Å². The molecule has 1 heterocycles. The van der Waals surface area contributed by atoms with E-state index in [1.54, 1.807) is 6.07 Å². The van der Waals surface area contributed by atoms with Gasteiger partial charge in [-0.15, -0.1) is 0 Å². The maximum absolute atomic E-state index is 12.9. The maximum atomic E-state index is 12.9. The van der Waals surface area contributed by atoms with Crippen molar-refractivity contribution < 1.29 is 4.79 Å². The van der Waals surface area contributed by atoms with Crippen molar-refractivity contribution in [3.05, 3.63) is 50.8 Å². The van der Waals surface area contributed by atoms with Crippen LogP contribution in [-0.2, 0) is 24.8 Å². The number of rotatable bonds is 5. The normalized spacial score (nSPS) is 11.2. The van der Waals surface area contributed by atoms with E-state index in [2.05, 4.69) is 5.10 Å². The van der Waals surface area contributed by atoms with E-state index >= 15 is 0 Å². The molecule has 6 heteroatoms. The van der Waals surface area contributed by atoms with Gasteiger partial charge in [-0.25, -0.2) is 0 Å². The molecule has 2 aromatic rings. The predicted molar refractivity (Wildman–Crippen MR) is 98.5 cm³/mol. The molecule has 0 aliphatic rings. The highest BCUT2D eigenvalue weighted by Gasteiger charge is 2.21. The first kappa shape index (κ1) is 18.8. The molecule has 0 aliphatic heterocycles. The Kier molecular flexibility index (Phi) is 5.94. The Labute approximate surface area is 153 Å². The van der Waals surface area contributed by atoms with Crippen molar-refractivity contribution in [3.63, 3.8) is 0 Å². The number of carbonyl (C=O) groups excluding carboxylic acids is 1. The number of benzene rings is 1. The van der Waals surface area contributed by atoms with Crippen LogP contribution in [0.1, 0.15) is 36.4 Å². The second-order valence-corrected chi connectivity index (χ2v) is 7.13. The highest BCUT2D eigenvalue weighted by molar-refractivity contribution is 6.42. The average molecular weight is 368 g/mol. The van der Waals surface area contributed by atoms with E-state index in [1.807, 2.05) is 56.5 Å².